The second-order valence-corrected chi connectivity index (χ2v) is 3.37. The maximum atomic E-state index is 13.0. The molecule has 0 aromatic carbocycles. The minimum absolute atomic E-state index is 0.242. The van der Waals surface area contributed by atoms with E-state index in [0.29, 0.717) is 12.8 Å². The van der Waals surface area contributed by atoms with Crippen molar-refractivity contribution in [1.29, 1.82) is 0 Å². The first-order valence-corrected chi connectivity index (χ1v) is 4.07. The predicted octanol–water partition coefficient (Wildman–Crippen LogP) is 2.29. The number of carbonyl (C=O) groups is 1. The Hall–Kier alpha value is -0.670. The summed E-state index contributed by atoms with van der Waals surface area (Å²) in [6.45, 7) is 1.62. The van der Waals surface area contributed by atoms with E-state index in [9.17, 15) is 13.6 Å². The van der Waals surface area contributed by atoms with Gasteiger partial charge in [-0.1, -0.05) is 13.3 Å². The van der Waals surface area contributed by atoms with Crippen molar-refractivity contribution in [3.8, 4) is 0 Å². The summed E-state index contributed by atoms with van der Waals surface area (Å²) >= 11 is 0. The van der Waals surface area contributed by atoms with Gasteiger partial charge in [0, 0.05) is 5.41 Å². The van der Waals surface area contributed by atoms with Crippen LogP contribution in [0.1, 0.15) is 32.6 Å². The highest BCUT2D eigenvalue weighted by atomic mass is 19.3. The smallest absolute Gasteiger partial charge is 0.375 e. The molecule has 1 rings (SSSR count). The second-order valence-electron chi connectivity index (χ2n) is 3.37. The van der Waals surface area contributed by atoms with Crippen LogP contribution in [0.2, 0.25) is 0 Å². The van der Waals surface area contributed by atoms with Crippen LogP contribution < -0.4 is 0 Å². The molecule has 1 N–H and O–H groups in total. The Kier molecular flexibility index (Phi) is 2.10. The lowest BCUT2D eigenvalue weighted by Gasteiger charge is -2.44. The van der Waals surface area contributed by atoms with Crippen molar-refractivity contribution < 1.29 is 18.7 Å². The number of alkyl halides is 2. The summed E-state index contributed by atoms with van der Waals surface area (Å²) < 4.78 is 26.1. The molecular weight excluding hydrogens is 166 g/mol. The van der Waals surface area contributed by atoms with Crippen molar-refractivity contribution in [1.82, 2.24) is 0 Å². The summed E-state index contributed by atoms with van der Waals surface area (Å²) in [5.74, 6) is -5.52. The summed E-state index contributed by atoms with van der Waals surface area (Å²) in [5.41, 5.74) is -1.25. The van der Waals surface area contributed by atoms with E-state index in [2.05, 4.69) is 0 Å². The van der Waals surface area contributed by atoms with Crippen LogP contribution in [0.5, 0.6) is 0 Å². The molecule has 1 fully saturated rings. The van der Waals surface area contributed by atoms with Crippen molar-refractivity contribution in [3.05, 3.63) is 0 Å². The fourth-order valence-electron chi connectivity index (χ4n) is 1.72. The quantitative estimate of drug-likeness (QED) is 0.719. The van der Waals surface area contributed by atoms with E-state index in [1.807, 2.05) is 0 Å². The zero-order chi connectivity index (χ0) is 9.41. The monoisotopic (exact) mass is 178 g/mol. The summed E-state index contributed by atoms with van der Waals surface area (Å²) in [6, 6.07) is 0. The van der Waals surface area contributed by atoms with Crippen LogP contribution in [0.3, 0.4) is 0 Å². The summed E-state index contributed by atoms with van der Waals surface area (Å²) in [5, 5.41) is 8.32. The van der Waals surface area contributed by atoms with Crippen molar-refractivity contribution in [2.24, 2.45) is 5.41 Å². The molecule has 12 heavy (non-hydrogen) atoms. The van der Waals surface area contributed by atoms with Gasteiger partial charge in [0.2, 0.25) is 0 Å². The van der Waals surface area contributed by atoms with Gasteiger partial charge in [-0.15, -0.1) is 0 Å². The first-order chi connectivity index (χ1) is 5.46. The minimum atomic E-state index is -3.54. The van der Waals surface area contributed by atoms with Gasteiger partial charge in [0.05, 0.1) is 0 Å². The first kappa shape index (κ1) is 9.42. The lowest BCUT2D eigenvalue weighted by molar-refractivity contribution is -0.202. The van der Waals surface area contributed by atoms with Crippen molar-refractivity contribution in [2.75, 3.05) is 0 Å². The van der Waals surface area contributed by atoms with Crippen LogP contribution in [0.15, 0.2) is 0 Å². The highest BCUT2D eigenvalue weighted by Crippen LogP contribution is 2.54. The van der Waals surface area contributed by atoms with E-state index in [-0.39, 0.29) is 6.42 Å². The zero-order valence-electron chi connectivity index (χ0n) is 6.94. The molecule has 0 heterocycles. The van der Waals surface area contributed by atoms with E-state index < -0.39 is 17.3 Å². The molecule has 0 aromatic heterocycles. The van der Waals surface area contributed by atoms with Gasteiger partial charge in [-0.2, -0.15) is 8.78 Å². The molecule has 1 aliphatic carbocycles. The maximum absolute atomic E-state index is 13.0. The Balaban J connectivity index is 2.84. The lowest BCUT2D eigenvalue weighted by atomic mass is 9.63. The van der Waals surface area contributed by atoms with Gasteiger partial charge in [0.25, 0.3) is 0 Å². The first-order valence-electron chi connectivity index (χ1n) is 4.07. The minimum Gasteiger partial charge on any atom is -0.477 e. The maximum Gasteiger partial charge on any atom is 0.375 e. The Morgan fingerprint density at radius 1 is 1.58 bits per heavy atom. The molecule has 2 nitrogen and oxygen atoms in total. The number of rotatable bonds is 3. The molecule has 0 aromatic rings. The highest BCUT2D eigenvalue weighted by Gasteiger charge is 2.60. The predicted molar refractivity (Wildman–Crippen MR) is 39.2 cm³/mol. The van der Waals surface area contributed by atoms with Crippen molar-refractivity contribution >= 4 is 5.97 Å². The summed E-state index contributed by atoms with van der Waals surface area (Å²) in [4.78, 5) is 10.3. The number of hydrogen-bond donors (Lipinski definition) is 1. The van der Waals surface area contributed by atoms with E-state index in [1.165, 1.54) is 0 Å². The van der Waals surface area contributed by atoms with E-state index in [1.54, 1.807) is 6.92 Å². The third kappa shape index (κ3) is 1.01. The lowest BCUT2D eigenvalue weighted by Crippen LogP contribution is -2.51. The standard InChI is InChI=1S/C8H12F2O2/c1-2-7(4-3-5-7)8(9,10)6(11)12/h2-5H2,1H3,(H,11,12). The topological polar surface area (TPSA) is 37.3 Å². The molecule has 0 amide bonds. The molecule has 0 saturated heterocycles. The number of carboxylic acid groups (broad SMARTS) is 1. The van der Waals surface area contributed by atoms with E-state index >= 15 is 0 Å². The fourth-order valence-corrected chi connectivity index (χ4v) is 1.72. The molecule has 0 unspecified atom stereocenters. The molecule has 1 aliphatic rings. The second kappa shape index (κ2) is 2.68. The molecule has 0 aliphatic heterocycles. The zero-order valence-corrected chi connectivity index (χ0v) is 6.94. The molecular formula is C8H12F2O2. The van der Waals surface area contributed by atoms with Crippen LogP contribution in [0.25, 0.3) is 0 Å². The van der Waals surface area contributed by atoms with Crippen LogP contribution in [-0.2, 0) is 4.79 Å². The van der Waals surface area contributed by atoms with Gasteiger partial charge in [0.1, 0.15) is 0 Å². The van der Waals surface area contributed by atoms with Crippen molar-refractivity contribution in [2.45, 2.75) is 38.5 Å². The number of halogens is 2. The average molecular weight is 178 g/mol. The summed E-state index contributed by atoms with van der Waals surface area (Å²) in [7, 11) is 0. The van der Waals surface area contributed by atoms with Gasteiger partial charge >= 0.3 is 11.9 Å². The fraction of sp³-hybridized carbons (Fsp3) is 0.875. The van der Waals surface area contributed by atoms with Gasteiger partial charge in [0.15, 0.2) is 0 Å². The van der Waals surface area contributed by atoms with Crippen LogP contribution in [0, 0.1) is 5.41 Å². The van der Waals surface area contributed by atoms with Gasteiger partial charge in [-0.25, -0.2) is 4.79 Å². The molecule has 0 spiro atoms. The number of carboxylic acids is 1. The molecule has 70 valence electrons. The summed E-state index contributed by atoms with van der Waals surface area (Å²) in [6.07, 6.45) is 1.63. The Morgan fingerprint density at radius 2 is 2.08 bits per heavy atom. The Morgan fingerprint density at radius 3 is 2.17 bits per heavy atom. The van der Waals surface area contributed by atoms with Crippen LogP contribution in [0.4, 0.5) is 8.78 Å². The SMILES string of the molecule is CCC1(C(F)(F)C(=O)O)CCC1. The van der Waals surface area contributed by atoms with Gasteiger partial charge < -0.3 is 5.11 Å². The van der Waals surface area contributed by atoms with E-state index in [4.69, 9.17) is 5.11 Å². The third-order valence-electron chi connectivity index (χ3n) is 2.92. The molecule has 0 radical (unpaired) electrons. The van der Waals surface area contributed by atoms with Crippen LogP contribution in [-0.4, -0.2) is 17.0 Å². The highest BCUT2D eigenvalue weighted by molar-refractivity contribution is 5.76. The molecule has 0 atom stereocenters. The average Bonchev–Trinajstić information content (AvgIpc) is 1.85. The molecule has 4 heteroatoms. The molecule has 1 saturated carbocycles. The Bertz CT molecular complexity index is 192. The van der Waals surface area contributed by atoms with E-state index in [0.717, 1.165) is 6.42 Å². The largest absolute Gasteiger partial charge is 0.477 e. The van der Waals surface area contributed by atoms with Gasteiger partial charge in [-0.3, -0.25) is 0 Å². The van der Waals surface area contributed by atoms with Crippen molar-refractivity contribution in [3.63, 3.8) is 0 Å². The number of aliphatic carboxylic acids is 1. The Labute approximate surface area is 69.6 Å². The normalized spacial score (nSPS) is 21.6. The van der Waals surface area contributed by atoms with Gasteiger partial charge in [-0.05, 0) is 19.3 Å². The molecule has 0 bridgehead atoms. The number of hydrogen-bond acceptors (Lipinski definition) is 1. The van der Waals surface area contributed by atoms with Crippen LogP contribution >= 0.6 is 0 Å². The third-order valence-corrected chi connectivity index (χ3v) is 2.92.